The van der Waals surface area contributed by atoms with Gasteiger partial charge in [-0.1, -0.05) is 0 Å². The van der Waals surface area contributed by atoms with E-state index in [1.54, 1.807) is 19.1 Å². The number of anilines is 1. The number of hydrogen-bond donors (Lipinski definition) is 3. The van der Waals surface area contributed by atoms with Crippen LogP contribution in [0.5, 0.6) is 0 Å². The first-order valence-corrected chi connectivity index (χ1v) is 7.15. The fourth-order valence-corrected chi connectivity index (χ4v) is 2.29. The first-order chi connectivity index (χ1) is 11.4. The third kappa shape index (κ3) is 3.02. The third-order valence-corrected chi connectivity index (χ3v) is 3.44. The van der Waals surface area contributed by atoms with E-state index in [0.717, 1.165) is 6.07 Å². The van der Waals surface area contributed by atoms with Crippen molar-refractivity contribution in [3.8, 4) is 11.4 Å². The van der Waals surface area contributed by atoms with Crippen LogP contribution >= 0.6 is 0 Å². The summed E-state index contributed by atoms with van der Waals surface area (Å²) in [5.41, 5.74) is -0.692. The van der Waals surface area contributed by atoms with Crippen molar-refractivity contribution >= 4 is 16.9 Å². The summed E-state index contributed by atoms with van der Waals surface area (Å²) in [5, 5.41) is 18.9. The fraction of sp³-hybridized carbons (Fsp3) is 0.267. The largest absolute Gasteiger partial charge is 0.418 e. The Hall–Kier alpha value is -2.68. The number of pyridine rings is 2. The van der Waals surface area contributed by atoms with E-state index in [1.165, 1.54) is 12.3 Å². The molecule has 0 aromatic carbocycles. The summed E-state index contributed by atoms with van der Waals surface area (Å²) < 4.78 is 40.1. The average Bonchev–Trinajstić information content (AvgIpc) is 2.97. The summed E-state index contributed by atoms with van der Waals surface area (Å²) in [6.07, 6.45) is -3.06. The molecule has 1 unspecified atom stereocenters. The van der Waals surface area contributed by atoms with Crippen molar-refractivity contribution in [3.05, 3.63) is 36.0 Å². The van der Waals surface area contributed by atoms with E-state index in [1.807, 2.05) is 0 Å². The first kappa shape index (κ1) is 16.2. The Bertz CT molecular complexity index is 868. The number of aromatic amines is 1. The van der Waals surface area contributed by atoms with Gasteiger partial charge in [-0.05, 0) is 31.2 Å². The normalized spacial score (nSPS) is 13.2. The van der Waals surface area contributed by atoms with Crippen LogP contribution in [0.4, 0.5) is 19.0 Å². The molecule has 0 fully saturated rings. The van der Waals surface area contributed by atoms with Gasteiger partial charge in [0.1, 0.15) is 11.5 Å². The van der Waals surface area contributed by atoms with Crippen LogP contribution < -0.4 is 5.32 Å². The molecule has 0 saturated carbocycles. The van der Waals surface area contributed by atoms with E-state index < -0.39 is 11.7 Å². The summed E-state index contributed by atoms with van der Waals surface area (Å²) in [5.74, 6) is 0.228. The molecule has 9 heteroatoms. The lowest BCUT2D eigenvalue weighted by atomic mass is 10.1. The molecule has 3 aromatic rings. The highest BCUT2D eigenvalue weighted by Gasteiger charge is 2.35. The number of rotatable bonds is 4. The van der Waals surface area contributed by atoms with Crippen LogP contribution in [0.1, 0.15) is 13.9 Å². The van der Waals surface area contributed by atoms with Gasteiger partial charge in [-0.15, -0.1) is 0 Å². The van der Waals surface area contributed by atoms with E-state index in [0.29, 0.717) is 11.0 Å². The van der Waals surface area contributed by atoms with E-state index in [9.17, 15) is 13.2 Å². The minimum atomic E-state index is -4.57. The molecule has 0 amide bonds. The molecule has 3 N–H and O–H groups in total. The van der Waals surface area contributed by atoms with Crippen LogP contribution in [0.2, 0.25) is 0 Å². The standard InChI is InChI=1S/C15H14F3N5O.H2/c1-8(7-24)20-11-5-4-10(15(16,17)18)13(21-11)12-9-3-2-6-19-14(9)23-22-12;/h2-6,8,24H,7H2,1H3,(H,20,21)(H,19,22,23);1H. The molecule has 3 aromatic heterocycles. The van der Waals surface area contributed by atoms with Gasteiger partial charge in [-0.25, -0.2) is 9.97 Å². The van der Waals surface area contributed by atoms with Gasteiger partial charge in [0.15, 0.2) is 5.65 Å². The second-order valence-electron chi connectivity index (χ2n) is 5.29. The Morgan fingerprint density at radius 3 is 2.83 bits per heavy atom. The maximum Gasteiger partial charge on any atom is 0.418 e. The van der Waals surface area contributed by atoms with Crippen LogP contribution in [0.15, 0.2) is 30.5 Å². The van der Waals surface area contributed by atoms with Crippen LogP contribution in [0.3, 0.4) is 0 Å². The van der Waals surface area contributed by atoms with Crippen molar-refractivity contribution < 1.29 is 19.7 Å². The molecule has 128 valence electrons. The molecule has 1 atom stereocenters. The van der Waals surface area contributed by atoms with Gasteiger partial charge in [0.05, 0.1) is 17.9 Å². The zero-order chi connectivity index (χ0) is 17.3. The van der Waals surface area contributed by atoms with Gasteiger partial charge in [-0.2, -0.15) is 18.3 Å². The quantitative estimate of drug-likeness (QED) is 0.680. The molecule has 0 aliphatic rings. The Kier molecular flexibility index (Phi) is 4.10. The number of aliphatic hydroxyl groups is 1. The minimum absolute atomic E-state index is 0. The molecule has 6 nitrogen and oxygen atoms in total. The summed E-state index contributed by atoms with van der Waals surface area (Å²) in [6.45, 7) is 1.52. The Balaban J connectivity index is 0.00000225. The van der Waals surface area contributed by atoms with Crippen molar-refractivity contribution in [2.45, 2.75) is 19.1 Å². The van der Waals surface area contributed by atoms with Crippen molar-refractivity contribution in [2.24, 2.45) is 0 Å². The molecule has 0 bridgehead atoms. The molecular formula is C15H16F3N5O. The average molecular weight is 339 g/mol. The second kappa shape index (κ2) is 6.08. The van der Waals surface area contributed by atoms with E-state index in [4.69, 9.17) is 5.11 Å². The van der Waals surface area contributed by atoms with Crippen LogP contribution in [-0.4, -0.2) is 37.9 Å². The third-order valence-electron chi connectivity index (χ3n) is 3.44. The SMILES string of the molecule is CC(CO)Nc1ccc(C(F)(F)F)c(-c2[nH]nc3ncccc23)n1.[HH]. The fourth-order valence-electron chi connectivity index (χ4n) is 2.29. The van der Waals surface area contributed by atoms with Gasteiger partial charge < -0.3 is 10.4 Å². The van der Waals surface area contributed by atoms with Gasteiger partial charge >= 0.3 is 6.18 Å². The van der Waals surface area contributed by atoms with E-state index in [-0.39, 0.29) is 31.3 Å². The highest BCUT2D eigenvalue weighted by atomic mass is 19.4. The van der Waals surface area contributed by atoms with E-state index >= 15 is 0 Å². The number of fused-ring (bicyclic) bond motifs is 1. The van der Waals surface area contributed by atoms with Crippen LogP contribution in [-0.2, 0) is 6.18 Å². The molecule has 0 radical (unpaired) electrons. The van der Waals surface area contributed by atoms with Gasteiger partial charge in [0, 0.05) is 19.1 Å². The number of alkyl halides is 3. The summed E-state index contributed by atoms with van der Waals surface area (Å²) in [4.78, 5) is 8.08. The van der Waals surface area contributed by atoms with Gasteiger partial charge in [0.25, 0.3) is 0 Å². The maximum absolute atomic E-state index is 13.4. The maximum atomic E-state index is 13.4. The zero-order valence-electron chi connectivity index (χ0n) is 12.6. The smallest absolute Gasteiger partial charge is 0.394 e. The first-order valence-electron chi connectivity index (χ1n) is 7.15. The van der Waals surface area contributed by atoms with Crippen molar-refractivity contribution in [1.82, 2.24) is 20.2 Å². The second-order valence-corrected chi connectivity index (χ2v) is 5.29. The lowest BCUT2D eigenvalue weighted by molar-refractivity contribution is -0.137. The summed E-state index contributed by atoms with van der Waals surface area (Å²) >= 11 is 0. The predicted octanol–water partition coefficient (Wildman–Crippen LogP) is 3.08. The Morgan fingerprint density at radius 2 is 2.12 bits per heavy atom. The number of H-pyrrole nitrogens is 1. The molecule has 0 saturated heterocycles. The monoisotopic (exact) mass is 339 g/mol. The Morgan fingerprint density at radius 1 is 1.33 bits per heavy atom. The highest BCUT2D eigenvalue weighted by Crippen LogP contribution is 2.38. The van der Waals surface area contributed by atoms with E-state index in [2.05, 4.69) is 25.5 Å². The number of nitrogens with zero attached hydrogens (tertiary/aromatic N) is 3. The van der Waals surface area contributed by atoms with Crippen molar-refractivity contribution in [3.63, 3.8) is 0 Å². The minimum Gasteiger partial charge on any atom is -0.394 e. The summed E-state index contributed by atoms with van der Waals surface area (Å²) in [6, 6.07) is 5.08. The number of aliphatic hydroxyl groups excluding tert-OH is 1. The molecule has 3 rings (SSSR count). The molecule has 0 aliphatic carbocycles. The molecule has 3 heterocycles. The molecule has 0 aliphatic heterocycles. The number of hydrogen-bond acceptors (Lipinski definition) is 5. The summed E-state index contributed by atoms with van der Waals surface area (Å²) in [7, 11) is 0. The molecular weight excluding hydrogens is 323 g/mol. The Labute approximate surface area is 136 Å². The predicted molar refractivity (Wildman–Crippen MR) is 84.4 cm³/mol. The van der Waals surface area contributed by atoms with Crippen molar-refractivity contribution in [1.29, 1.82) is 0 Å². The number of aromatic nitrogens is 4. The zero-order valence-corrected chi connectivity index (χ0v) is 12.6. The molecule has 0 spiro atoms. The lowest BCUT2D eigenvalue weighted by Crippen LogP contribution is -2.20. The lowest BCUT2D eigenvalue weighted by Gasteiger charge is -2.16. The van der Waals surface area contributed by atoms with Gasteiger partial charge in [-0.3, -0.25) is 5.10 Å². The van der Waals surface area contributed by atoms with Crippen LogP contribution in [0, 0.1) is 0 Å². The van der Waals surface area contributed by atoms with Gasteiger partial charge in [0.2, 0.25) is 0 Å². The highest BCUT2D eigenvalue weighted by molar-refractivity contribution is 5.90. The van der Waals surface area contributed by atoms with Crippen LogP contribution in [0.25, 0.3) is 22.4 Å². The number of halogens is 3. The number of nitrogens with one attached hydrogen (secondary N) is 2. The molecule has 24 heavy (non-hydrogen) atoms. The van der Waals surface area contributed by atoms with Crippen molar-refractivity contribution in [2.75, 3.05) is 11.9 Å². The topological polar surface area (TPSA) is 86.7 Å².